The number of aliphatic imine (C=N–C) groups is 1. The number of halogens is 2. The number of amides is 4. The van der Waals surface area contributed by atoms with Gasteiger partial charge >= 0.3 is 5.97 Å². The molecule has 3 aromatic rings. The van der Waals surface area contributed by atoms with Crippen LogP contribution >= 0.6 is 27.5 Å². The number of rotatable bonds is 23. The second kappa shape index (κ2) is 24.4. The van der Waals surface area contributed by atoms with Crippen LogP contribution in [-0.2, 0) is 35.2 Å². The van der Waals surface area contributed by atoms with E-state index in [1.165, 1.54) is 31.5 Å². The van der Waals surface area contributed by atoms with E-state index in [-0.39, 0.29) is 69.0 Å². The summed E-state index contributed by atoms with van der Waals surface area (Å²) in [5.74, 6) is -2.51. The van der Waals surface area contributed by atoms with Gasteiger partial charge in [-0.05, 0) is 90.4 Å². The lowest BCUT2D eigenvalue weighted by molar-refractivity contribution is -0.138. The first-order chi connectivity index (χ1) is 29.1. The number of ketones is 2. The molecule has 0 bridgehead atoms. The number of benzene rings is 2. The number of nitrogens with zero attached hydrogens (tertiary/aromatic N) is 2. The predicted octanol–water partition coefficient (Wildman–Crippen LogP) is 4.83. The number of carboxylic acid groups (broad SMARTS) is 1. The fourth-order valence-electron chi connectivity index (χ4n) is 6.31. The van der Waals surface area contributed by atoms with Crippen molar-refractivity contribution in [3.8, 4) is 5.75 Å². The molecular formula is C42H50BrClN8O9. The minimum atomic E-state index is -1.22. The summed E-state index contributed by atoms with van der Waals surface area (Å²) in [4.78, 5) is 93.2. The number of carbonyl (C=O) groups is 7. The van der Waals surface area contributed by atoms with Gasteiger partial charge in [0.15, 0.2) is 5.96 Å². The van der Waals surface area contributed by atoms with E-state index in [1.54, 1.807) is 18.2 Å². The highest BCUT2D eigenvalue weighted by molar-refractivity contribution is 9.10. The monoisotopic (exact) mass is 924 g/mol. The lowest BCUT2D eigenvalue weighted by Gasteiger charge is -2.23. The van der Waals surface area contributed by atoms with E-state index < -0.39 is 36.8 Å². The van der Waals surface area contributed by atoms with Gasteiger partial charge in [0.1, 0.15) is 17.3 Å². The molecule has 17 nitrogen and oxygen atoms in total. The minimum absolute atomic E-state index is 0.0490. The van der Waals surface area contributed by atoms with Gasteiger partial charge in [-0.3, -0.25) is 43.5 Å². The van der Waals surface area contributed by atoms with Crippen molar-refractivity contribution >= 4 is 86.0 Å². The van der Waals surface area contributed by atoms with E-state index in [4.69, 9.17) is 11.6 Å². The summed E-state index contributed by atoms with van der Waals surface area (Å²) in [6.45, 7) is 2.70. The number of aromatic nitrogens is 1. The quantitative estimate of drug-likeness (QED) is 0.0470. The predicted molar refractivity (Wildman–Crippen MR) is 232 cm³/mol. The Morgan fingerprint density at radius 1 is 0.918 bits per heavy atom. The van der Waals surface area contributed by atoms with Gasteiger partial charge < -0.3 is 42.1 Å². The maximum Gasteiger partial charge on any atom is 0.305 e. The number of nitrogens with one attached hydrogen (secondary N) is 6. The Morgan fingerprint density at radius 2 is 1.67 bits per heavy atom. The third-order valence-electron chi connectivity index (χ3n) is 9.43. The van der Waals surface area contributed by atoms with Crippen molar-refractivity contribution in [1.82, 2.24) is 26.3 Å². The highest BCUT2D eigenvalue weighted by Crippen LogP contribution is 2.36. The van der Waals surface area contributed by atoms with E-state index >= 15 is 0 Å². The standard InChI is InChI=1S/C42H50BrClN8O9/c1-25(53)15-32(54)13-10-26-8-11-30(12-9-26)50-37(56)7-4-6-36(55)46-14-3-2-5-27-20-48-42(49-21-27)51-31-16-28(22-45-23-31)41(61)47-24-38(57)52-35(19-39(58)59)33-17-29(44)18-34(43)40(33)60/h8-9,11-12,16-18,22-23,27,35,60H,2-7,10,13-15,19-21,24H2,1H3,(H,46,55)(H,47,61)(H,50,56)(H,52,57)(H,58,59)(H2,48,49,51)/t35-/m0/s1. The summed E-state index contributed by atoms with van der Waals surface area (Å²) < 4.78 is 0.228. The van der Waals surface area contributed by atoms with Crippen molar-refractivity contribution in [3.05, 3.63) is 81.0 Å². The van der Waals surface area contributed by atoms with Crippen molar-refractivity contribution in [2.24, 2.45) is 10.9 Å². The molecule has 4 amide bonds. The molecule has 0 saturated heterocycles. The van der Waals surface area contributed by atoms with E-state index in [1.807, 2.05) is 12.1 Å². The first kappa shape index (κ1) is 47.8. The number of carboxylic acids is 1. The van der Waals surface area contributed by atoms with Crippen molar-refractivity contribution in [2.45, 2.75) is 77.2 Å². The molecule has 2 aromatic carbocycles. The van der Waals surface area contributed by atoms with E-state index in [0.717, 1.165) is 24.8 Å². The summed E-state index contributed by atoms with van der Waals surface area (Å²) in [5.41, 5.74) is 2.32. The molecule has 326 valence electrons. The number of Topliss-reactive ketones (excluding diaryl/α,β-unsaturated/α-hetero) is 2. The third-order valence-corrected chi connectivity index (χ3v) is 10.3. The number of aryl methyl sites for hydroxylation is 1. The highest BCUT2D eigenvalue weighted by atomic mass is 79.9. The first-order valence-corrected chi connectivity index (χ1v) is 21.0. The molecule has 19 heteroatoms. The maximum absolute atomic E-state index is 12.9. The Labute approximate surface area is 366 Å². The van der Waals surface area contributed by atoms with Gasteiger partial charge in [0.25, 0.3) is 5.91 Å². The molecule has 0 spiro atoms. The second-order valence-corrected chi connectivity index (χ2v) is 15.9. The summed E-state index contributed by atoms with van der Waals surface area (Å²) in [6.07, 6.45) is 6.53. The zero-order valence-electron chi connectivity index (χ0n) is 33.7. The van der Waals surface area contributed by atoms with Crippen LogP contribution in [-0.4, -0.2) is 88.5 Å². The largest absolute Gasteiger partial charge is 0.506 e. The lowest BCUT2D eigenvalue weighted by Crippen LogP contribution is -2.40. The van der Waals surface area contributed by atoms with Crippen molar-refractivity contribution in [3.63, 3.8) is 0 Å². The molecule has 2 atom stereocenters. The fourth-order valence-corrected chi connectivity index (χ4v) is 7.15. The molecule has 8 N–H and O–H groups in total. The van der Waals surface area contributed by atoms with Gasteiger partial charge in [-0.1, -0.05) is 30.2 Å². The number of carbonyl (C=O) groups excluding carboxylic acids is 6. The van der Waals surface area contributed by atoms with Gasteiger partial charge in [-0.25, -0.2) is 0 Å². The van der Waals surface area contributed by atoms with Crippen LogP contribution in [0.5, 0.6) is 5.75 Å². The average Bonchev–Trinajstić information content (AvgIpc) is 3.21. The summed E-state index contributed by atoms with van der Waals surface area (Å²) in [7, 11) is 0. The van der Waals surface area contributed by atoms with Crippen molar-refractivity contribution in [1.29, 1.82) is 0 Å². The highest BCUT2D eigenvalue weighted by Gasteiger charge is 2.24. The second-order valence-electron chi connectivity index (χ2n) is 14.6. The molecule has 1 aromatic heterocycles. The summed E-state index contributed by atoms with van der Waals surface area (Å²) in [5, 5.41) is 37.1. The van der Waals surface area contributed by atoms with Gasteiger partial charge in [0, 0.05) is 61.4 Å². The van der Waals surface area contributed by atoms with Gasteiger partial charge in [-0.2, -0.15) is 0 Å². The zero-order chi connectivity index (χ0) is 44.3. The minimum Gasteiger partial charge on any atom is -0.506 e. The maximum atomic E-state index is 12.9. The number of phenols is 1. The van der Waals surface area contributed by atoms with Crippen molar-refractivity contribution in [2.75, 3.05) is 36.8 Å². The third kappa shape index (κ3) is 17.3. The van der Waals surface area contributed by atoms with Crippen LogP contribution in [0.25, 0.3) is 0 Å². The normalized spacial score (nSPS) is 13.8. The van der Waals surface area contributed by atoms with Gasteiger partial charge in [0.2, 0.25) is 17.7 Å². The van der Waals surface area contributed by atoms with E-state index in [2.05, 4.69) is 57.8 Å². The molecule has 0 saturated carbocycles. The molecule has 4 rings (SSSR count). The number of hydrogen-bond donors (Lipinski definition) is 8. The Hall–Kier alpha value is -5.88. The van der Waals surface area contributed by atoms with Crippen LogP contribution in [0, 0.1) is 5.92 Å². The van der Waals surface area contributed by atoms with Crippen molar-refractivity contribution < 1.29 is 43.8 Å². The Kier molecular flexibility index (Phi) is 19.1. The number of pyridine rings is 1. The molecule has 0 radical (unpaired) electrons. The van der Waals surface area contributed by atoms with Crippen LogP contribution in [0.3, 0.4) is 0 Å². The molecule has 0 fully saturated rings. The smallest absolute Gasteiger partial charge is 0.305 e. The molecular weight excluding hydrogens is 876 g/mol. The number of aromatic hydroxyl groups is 1. The van der Waals surface area contributed by atoms with Crippen LogP contribution < -0.4 is 31.9 Å². The SMILES string of the molecule is CC(=O)CC(=O)CCc1ccc(NC(=O)CCCC(=O)NCCCCC2CN=C(Nc3cncc(C(=O)NCC(=O)N[C@@H](CC(=O)O)c4cc(Cl)cc(Br)c4O)c3)NC2)cc1. The Morgan fingerprint density at radius 3 is 2.38 bits per heavy atom. The van der Waals surface area contributed by atoms with Crippen LogP contribution in [0.1, 0.15) is 92.2 Å². The number of unbranched alkanes of at least 4 members (excludes halogenated alkanes) is 1. The molecule has 1 aliphatic heterocycles. The number of phenolic OH excluding ortho intramolecular Hbond substituents is 1. The average molecular weight is 926 g/mol. The number of aliphatic carboxylic acids is 1. The molecule has 1 aliphatic rings. The van der Waals surface area contributed by atoms with E-state index in [9.17, 15) is 43.8 Å². The topological polar surface area (TPSA) is 257 Å². The molecule has 61 heavy (non-hydrogen) atoms. The van der Waals surface area contributed by atoms with Gasteiger partial charge in [-0.15, -0.1) is 0 Å². The Balaban J connectivity index is 1.08. The number of anilines is 2. The number of hydrogen-bond acceptors (Lipinski definition) is 12. The fraction of sp³-hybridized carbons (Fsp3) is 0.405. The zero-order valence-corrected chi connectivity index (χ0v) is 36.0. The van der Waals surface area contributed by atoms with Crippen LogP contribution in [0.15, 0.2) is 64.3 Å². The van der Waals surface area contributed by atoms with Crippen LogP contribution in [0.2, 0.25) is 5.02 Å². The number of guanidine groups is 1. The molecule has 2 heterocycles. The molecule has 1 unspecified atom stereocenters. The van der Waals surface area contributed by atoms with Crippen LogP contribution in [0.4, 0.5) is 11.4 Å². The van der Waals surface area contributed by atoms with E-state index in [0.29, 0.717) is 62.1 Å². The Bertz CT molecular complexity index is 2100. The summed E-state index contributed by atoms with van der Waals surface area (Å²) in [6, 6.07) is 10.4. The molecule has 0 aliphatic carbocycles. The summed E-state index contributed by atoms with van der Waals surface area (Å²) >= 11 is 9.22. The van der Waals surface area contributed by atoms with Gasteiger partial charge in [0.05, 0.1) is 47.3 Å². The first-order valence-electron chi connectivity index (χ1n) is 19.8. The lowest BCUT2D eigenvalue weighted by atomic mass is 10.0.